The van der Waals surface area contributed by atoms with E-state index in [4.69, 9.17) is 0 Å². The van der Waals surface area contributed by atoms with Crippen LogP contribution in [-0.2, 0) is 17.5 Å². The van der Waals surface area contributed by atoms with Crippen LogP contribution in [0.5, 0.6) is 0 Å². The zero-order valence-electron chi connectivity index (χ0n) is 15.0. The molecule has 0 bridgehead atoms. The van der Waals surface area contributed by atoms with Crippen LogP contribution in [0.2, 0.25) is 0 Å². The molecule has 0 saturated carbocycles. The molecular weight excluding hydrogens is 373 g/mol. The molecule has 0 aliphatic heterocycles. The van der Waals surface area contributed by atoms with E-state index in [9.17, 15) is 18.0 Å². The topological polar surface area (TPSA) is 33.2 Å². The summed E-state index contributed by atoms with van der Waals surface area (Å²) in [4.78, 5) is 18.6. The lowest BCUT2D eigenvalue weighted by Crippen LogP contribution is -2.27. The van der Waals surface area contributed by atoms with Gasteiger partial charge < -0.3 is 4.90 Å². The van der Waals surface area contributed by atoms with Gasteiger partial charge in [-0.1, -0.05) is 31.2 Å². The number of fused-ring (bicyclic) bond motifs is 1. The molecule has 0 spiro atoms. The van der Waals surface area contributed by atoms with Crippen molar-refractivity contribution in [2.45, 2.75) is 32.0 Å². The van der Waals surface area contributed by atoms with Gasteiger partial charge in [0.2, 0.25) is 5.91 Å². The number of amides is 1. The summed E-state index contributed by atoms with van der Waals surface area (Å²) in [7, 11) is 1.72. The molecule has 0 aliphatic rings. The number of carbonyl (C=O) groups is 1. The van der Waals surface area contributed by atoms with Crippen LogP contribution in [0.25, 0.3) is 10.2 Å². The first-order valence-electron chi connectivity index (χ1n) is 8.49. The van der Waals surface area contributed by atoms with E-state index >= 15 is 0 Å². The molecule has 0 aliphatic carbocycles. The summed E-state index contributed by atoms with van der Waals surface area (Å²) < 4.78 is 39.0. The number of carbonyl (C=O) groups excluding carboxylic acids is 1. The van der Waals surface area contributed by atoms with Gasteiger partial charge >= 0.3 is 6.18 Å². The van der Waals surface area contributed by atoms with Crippen molar-refractivity contribution in [2.75, 3.05) is 7.05 Å². The van der Waals surface area contributed by atoms with Crippen molar-refractivity contribution in [3.8, 4) is 0 Å². The number of hydrogen-bond donors (Lipinski definition) is 0. The highest BCUT2D eigenvalue weighted by Crippen LogP contribution is 2.31. The molecule has 3 rings (SSSR count). The van der Waals surface area contributed by atoms with Crippen molar-refractivity contribution in [1.29, 1.82) is 0 Å². The molecule has 27 heavy (non-hydrogen) atoms. The molecule has 0 saturated heterocycles. The lowest BCUT2D eigenvalue weighted by molar-refractivity contribution is -0.137. The normalized spacial score (nSPS) is 12.9. The second-order valence-corrected chi connectivity index (χ2v) is 7.67. The number of hydrogen-bond acceptors (Lipinski definition) is 3. The molecule has 1 atom stereocenters. The van der Waals surface area contributed by atoms with Crippen molar-refractivity contribution >= 4 is 27.5 Å². The zero-order valence-corrected chi connectivity index (χ0v) is 15.8. The Balaban J connectivity index is 1.61. The van der Waals surface area contributed by atoms with Gasteiger partial charge in [0.05, 0.1) is 22.3 Å². The number of alkyl halides is 3. The standard InChI is InChI=1S/C20H19F3N2OS/c1-13(14-7-9-15(10-8-14)20(21,22)23)11-19(26)25(2)12-18-24-16-5-3-4-6-17(16)27-18/h3-10,13H,11-12H2,1-2H3. The Kier molecular flexibility index (Phi) is 5.51. The molecule has 0 fully saturated rings. The first kappa shape index (κ1) is 19.4. The highest BCUT2D eigenvalue weighted by molar-refractivity contribution is 7.18. The first-order chi connectivity index (χ1) is 12.7. The smallest absolute Gasteiger partial charge is 0.339 e. The van der Waals surface area contributed by atoms with Gasteiger partial charge in [0.25, 0.3) is 0 Å². The van der Waals surface area contributed by atoms with Gasteiger partial charge in [0.1, 0.15) is 5.01 Å². The predicted molar refractivity (Wildman–Crippen MR) is 101 cm³/mol. The van der Waals surface area contributed by atoms with Crippen molar-refractivity contribution in [1.82, 2.24) is 9.88 Å². The third-order valence-corrected chi connectivity index (χ3v) is 5.45. The minimum atomic E-state index is -4.35. The van der Waals surface area contributed by atoms with E-state index in [1.54, 1.807) is 23.3 Å². The summed E-state index contributed by atoms with van der Waals surface area (Å²) >= 11 is 1.55. The SMILES string of the molecule is CC(CC(=O)N(C)Cc1nc2ccccc2s1)c1ccc(C(F)(F)F)cc1. The molecule has 0 radical (unpaired) electrons. The summed E-state index contributed by atoms with van der Waals surface area (Å²) in [5, 5.41) is 0.856. The number of aromatic nitrogens is 1. The van der Waals surface area contributed by atoms with Crippen molar-refractivity contribution < 1.29 is 18.0 Å². The van der Waals surface area contributed by atoms with E-state index in [2.05, 4.69) is 4.98 Å². The van der Waals surface area contributed by atoms with Crippen LogP contribution >= 0.6 is 11.3 Å². The number of para-hydroxylation sites is 1. The Morgan fingerprint density at radius 1 is 1.15 bits per heavy atom. The van der Waals surface area contributed by atoms with Crippen molar-refractivity contribution in [2.24, 2.45) is 0 Å². The van der Waals surface area contributed by atoms with Gasteiger partial charge in [-0.2, -0.15) is 13.2 Å². The van der Waals surface area contributed by atoms with Crippen LogP contribution in [0.15, 0.2) is 48.5 Å². The second-order valence-electron chi connectivity index (χ2n) is 6.55. The van der Waals surface area contributed by atoms with Crippen LogP contribution in [0.1, 0.15) is 35.4 Å². The van der Waals surface area contributed by atoms with E-state index in [0.29, 0.717) is 12.1 Å². The first-order valence-corrected chi connectivity index (χ1v) is 9.31. The van der Waals surface area contributed by atoms with Crippen LogP contribution in [0.3, 0.4) is 0 Å². The third-order valence-electron chi connectivity index (χ3n) is 4.42. The predicted octanol–water partition coefficient (Wildman–Crippen LogP) is 5.47. The van der Waals surface area contributed by atoms with E-state index < -0.39 is 11.7 Å². The summed E-state index contributed by atoms with van der Waals surface area (Å²) in [5.41, 5.74) is 0.943. The quantitative estimate of drug-likeness (QED) is 0.577. The molecule has 1 aromatic heterocycles. The summed E-state index contributed by atoms with van der Waals surface area (Å²) in [6, 6.07) is 12.8. The maximum absolute atomic E-state index is 12.7. The molecule has 7 heteroatoms. The number of thiazole rings is 1. The van der Waals surface area contributed by atoms with Gasteiger partial charge in [0, 0.05) is 13.5 Å². The fraction of sp³-hybridized carbons (Fsp3) is 0.300. The molecule has 1 heterocycles. The van der Waals surface area contributed by atoms with Crippen LogP contribution in [0, 0.1) is 0 Å². The summed E-state index contributed by atoms with van der Waals surface area (Å²) in [5.74, 6) is -0.237. The molecule has 3 aromatic rings. The number of nitrogens with zero attached hydrogens (tertiary/aromatic N) is 2. The highest BCUT2D eigenvalue weighted by atomic mass is 32.1. The molecule has 2 aromatic carbocycles. The second kappa shape index (κ2) is 7.68. The summed E-state index contributed by atoms with van der Waals surface area (Å²) in [6.45, 7) is 2.25. The summed E-state index contributed by atoms with van der Waals surface area (Å²) in [6.07, 6.45) is -4.12. The molecule has 1 unspecified atom stereocenters. The van der Waals surface area contributed by atoms with E-state index in [-0.39, 0.29) is 18.2 Å². The van der Waals surface area contributed by atoms with Crippen LogP contribution in [-0.4, -0.2) is 22.8 Å². The molecule has 142 valence electrons. The van der Waals surface area contributed by atoms with E-state index in [0.717, 1.165) is 27.4 Å². The van der Waals surface area contributed by atoms with Gasteiger partial charge in [0.15, 0.2) is 0 Å². The zero-order chi connectivity index (χ0) is 19.6. The Morgan fingerprint density at radius 2 is 1.81 bits per heavy atom. The Morgan fingerprint density at radius 3 is 2.44 bits per heavy atom. The van der Waals surface area contributed by atoms with Crippen LogP contribution < -0.4 is 0 Å². The van der Waals surface area contributed by atoms with E-state index in [1.165, 1.54) is 12.1 Å². The number of halogens is 3. The Labute approximate surface area is 159 Å². The van der Waals surface area contributed by atoms with Gasteiger partial charge in [-0.3, -0.25) is 4.79 Å². The van der Waals surface area contributed by atoms with Gasteiger partial charge in [-0.15, -0.1) is 11.3 Å². The Hall–Kier alpha value is -2.41. The lowest BCUT2D eigenvalue weighted by atomic mass is 9.96. The molecule has 1 amide bonds. The van der Waals surface area contributed by atoms with Crippen molar-refractivity contribution in [3.63, 3.8) is 0 Å². The minimum Gasteiger partial charge on any atom is -0.339 e. The van der Waals surface area contributed by atoms with E-state index in [1.807, 2.05) is 31.2 Å². The van der Waals surface area contributed by atoms with Crippen LogP contribution in [0.4, 0.5) is 13.2 Å². The fourth-order valence-electron chi connectivity index (χ4n) is 2.81. The monoisotopic (exact) mass is 392 g/mol. The average molecular weight is 392 g/mol. The lowest BCUT2D eigenvalue weighted by Gasteiger charge is -2.19. The average Bonchev–Trinajstić information content (AvgIpc) is 3.03. The fourth-order valence-corrected chi connectivity index (χ4v) is 3.84. The molecule has 3 nitrogen and oxygen atoms in total. The number of benzene rings is 2. The maximum Gasteiger partial charge on any atom is 0.416 e. The largest absolute Gasteiger partial charge is 0.416 e. The molecule has 0 N–H and O–H groups in total. The highest BCUT2D eigenvalue weighted by Gasteiger charge is 2.30. The van der Waals surface area contributed by atoms with Gasteiger partial charge in [-0.05, 0) is 35.7 Å². The van der Waals surface area contributed by atoms with Crippen molar-refractivity contribution in [3.05, 3.63) is 64.7 Å². The minimum absolute atomic E-state index is 0.0679. The van der Waals surface area contributed by atoms with Gasteiger partial charge in [-0.25, -0.2) is 4.98 Å². The number of rotatable bonds is 5. The third kappa shape index (κ3) is 4.66. The maximum atomic E-state index is 12.7. The molecular formula is C20H19F3N2OS. The Bertz CT molecular complexity index is 901.